The molecule has 0 atom stereocenters. The highest BCUT2D eigenvalue weighted by molar-refractivity contribution is 6.33. The molecule has 0 aliphatic heterocycles. The summed E-state index contributed by atoms with van der Waals surface area (Å²) in [7, 11) is 7.58. The molecule has 1 aliphatic rings. The van der Waals surface area contributed by atoms with Crippen LogP contribution in [0.15, 0.2) is 40.2 Å². The van der Waals surface area contributed by atoms with Gasteiger partial charge < -0.3 is 4.98 Å². The molecule has 3 aromatic rings. The maximum atomic E-state index is 12.8. The molecule has 1 fully saturated rings. The lowest BCUT2D eigenvalue weighted by atomic mass is 9.95. The number of aromatic amines is 1. The summed E-state index contributed by atoms with van der Waals surface area (Å²) in [6, 6.07) is 4.92. The van der Waals surface area contributed by atoms with Gasteiger partial charge in [-0.05, 0) is 18.9 Å². The topological polar surface area (TPSA) is 72.7 Å². The molecular weight excluding hydrogens is 279 g/mol. The summed E-state index contributed by atoms with van der Waals surface area (Å²) in [5.74, 6) is 0. The maximum absolute atomic E-state index is 12.8. The van der Waals surface area contributed by atoms with Crippen LogP contribution in [0.1, 0.15) is 18.4 Å². The normalized spacial score (nSPS) is 16.0. The van der Waals surface area contributed by atoms with E-state index in [1.54, 1.807) is 29.1 Å². The van der Waals surface area contributed by atoms with E-state index in [0.29, 0.717) is 16.4 Å². The van der Waals surface area contributed by atoms with E-state index < -0.39 is 11.2 Å². The molecule has 0 spiro atoms. The van der Waals surface area contributed by atoms with Gasteiger partial charge in [0.1, 0.15) is 7.85 Å². The molecular formula is C15H13BN4O2. The van der Waals surface area contributed by atoms with Crippen molar-refractivity contribution in [3.8, 4) is 0 Å². The molecule has 1 N–H and O–H groups in total. The van der Waals surface area contributed by atoms with Gasteiger partial charge in [0.2, 0.25) is 0 Å². The number of rotatable bonds is 2. The van der Waals surface area contributed by atoms with Crippen LogP contribution in [-0.2, 0) is 12.6 Å². The van der Waals surface area contributed by atoms with Crippen LogP contribution < -0.4 is 16.7 Å². The molecule has 2 radical (unpaired) electrons. The highest BCUT2D eigenvalue weighted by atomic mass is 16.2. The second kappa shape index (κ2) is 4.22. The number of benzene rings is 1. The summed E-state index contributed by atoms with van der Waals surface area (Å²) < 4.78 is 2.99. The average Bonchev–Trinajstić information content (AvgIpc) is 3.14. The standard InChI is InChI=1S/C15H13BN4O2/c1-19-8-9(7-17-19)15(4-5-15)20-13(21)11-6-10(16)2-3-12(11)18-14(20)22/h2-3,6-8H,4-5H2,1H3,(H,18,22). The number of hydrogen-bond donors (Lipinski definition) is 1. The summed E-state index contributed by atoms with van der Waals surface area (Å²) in [5.41, 5.74) is 0.580. The fraction of sp³-hybridized carbons (Fsp3) is 0.267. The lowest BCUT2D eigenvalue weighted by Crippen LogP contribution is -2.42. The zero-order valence-electron chi connectivity index (χ0n) is 12.0. The molecule has 22 heavy (non-hydrogen) atoms. The molecule has 2 heterocycles. The van der Waals surface area contributed by atoms with Crippen molar-refractivity contribution in [1.82, 2.24) is 19.3 Å². The van der Waals surface area contributed by atoms with Gasteiger partial charge in [-0.15, -0.1) is 0 Å². The van der Waals surface area contributed by atoms with Gasteiger partial charge in [-0.3, -0.25) is 9.48 Å². The van der Waals surface area contributed by atoms with Crippen LogP contribution in [0.25, 0.3) is 10.9 Å². The van der Waals surface area contributed by atoms with Gasteiger partial charge in [-0.25, -0.2) is 9.36 Å². The summed E-state index contributed by atoms with van der Waals surface area (Å²) in [6.45, 7) is 0. The van der Waals surface area contributed by atoms with Crippen LogP contribution in [0, 0.1) is 0 Å². The van der Waals surface area contributed by atoms with E-state index in [0.717, 1.165) is 18.4 Å². The first-order valence-electron chi connectivity index (χ1n) is 7.05. The zero-order valence-corrected chi connectivity index (χ0v) is 12.0. The fourth-order valence-electron chi connectivity index (χ4n) is 3.04. The molecule has 0 saturated heterocycles. The molecule has 1 saturated carbocycles. The van der Waals surface area contributed by atoms with E-state index in [1.807, 2.05) is 13.2 Å². The minimum atomic E-state index is -0.586. The zero-order chi connectivity index (χ0) is 15.5. The molecule has 0 bridgehead atoms. The SMILES string of the molecule is [B]c1ccc2[nH]c(=O)n(C3(c4cnn(C)c4)CC3)c(=O)c2c1. The third-order valence-corrected chi connectivity index (χ3v) is 4.32. The van der Waals surface area contributed by atoms with Gasteiger partial charge in [0.15, 0.2) is 0 Å². The average molecular weight is 292 g/mol. The lowest BCUT2D eigenvalue weighted by Gasteiger charge is -2.16. The smallest absolute Gasteiger partial charge is 0.307 e. The van der Waals surface area contributed by atoms with Crippen molar-refractivity contribution in [2.24, 2.45) is 7.05 Å². The van der Waals surface area contributed by atoms with Crippen LogP contribution in [0.2, 0.25) is 0 Å². The Labute approximate surface area is 126 Å². The van der Waals surface area contributed by atoms with E-state index in [9.17, 15) is 9.59 Å². The van der Waals surface area contributed by atoms with Crippen molar-refractivity contribution in [3.63, 3.8) is 0 Å². The van der Waals surface area contributed by atoms with Crippen molar-refractivity contribution < 1.29 is 0 Å². The first kappa shape index (κ1) is 13.1. The van der Waals surface area contributed by atoms with E-state index in [1.165, 1.54) is 4.57 Å². The summed E-state index contributed by atoms with van der Waals surface area (Å²) in [4.78, 5) is 28.1. The highest BCUT2D eigenvalue weighted by Gasteiger charge is 2.49. The largest absolute Gasteiger partial charge is 0.329 e. The summed E-state index contributed by atoms with van der Waals surface area (Å²) in [5, 5.41) is 4.58. The second-order valence-electron chi connectivity index (χ2n) is 5.81. The van der Waals surface area contributed by atoms with Gasteiger partial charge in [-0.2, -0.15) is 5.10 Å². The Kier molecular flexibility index (Phi) is 2.52. The summed E-state index contributed by atoms with van der Waals surface area (Å²) >= 11 is 0. The maximum Gasteiger partial charge on any atom is 0.329 e. The Morgan fingerprint density at radius 3 is 2.73 bits per heavy atom. The van der Waals surface area contributed by atoms with E-state index in [2.05, 4.69) is 10.1 Å². The van der Waals surface area contributed by atoms with Crippen LogP contribution in [-0.4, -0.2) is 27.2 Å². The molecule has 0 amide bonds. The Morgan fingerprint density at radius 2 is 2.09 bits per heavy atom. The molecule has 7 heteroatoms. The third kappa shape index (κ3) is 1.71. The number of nitrogens with zero attached hydrogens (tertiary/aromatic N) is 3. The van der Waals surface area contributed by atoms with E-state index in [4.69, 9.17) is 7.85 Å². The second-order valence-corrected chi connectivity index (χ2v) is 5.81. The first-order chi connectivity index (χ1) is 10.5. The Hall–Kier alpha value is -2.57. The van der Waals surface area contributed by atoms with Crippen molar-refractivity contribution in [2.45, 2.75) is 18.4 Å². The van der Waals surface area contributed by atoms with Gasteiger partial charge in [-0.1, -0.05) is 17.6 Å². The van der Waals surface area contributed by atoms with Crippen LogP contribution in [0.3, 0.4) is 0 Å². The molecule has 4 rings (SSSR count). The van der Waals surface area contributed by atoms with E-state index >= 15 is 0 Å². The predicted octanol–water partition coefficient (Wildman–Crippen LogP) is -0.246. The van der Waals surface area contributed by atoms with Gasteiger partial charge in [0.25, 0.3) is 5.56 Å². The molecule has 0 unspecified atom stereocenters. The number of aromatic nitrogens is 4. The first-order valence-corrected chi connectivity index (χ1v) is 7.05. The minimum Gasteiger partial charge on any atom is -0.307 e. The van der Waals surface area contributed by atoms with Crippen LogP contribution in [0.4, 0.5) is 0 Å². The van der Waals surface area contributed by atoms with E-state index in [-0.39, 0.29) is 5.56 Å². The Morgan fingerprint density at radius 1 is 1.32 bits per heavy atom. The lowest BCUT2D eigenvalue weighted by molar-refractivity contribution is 0.526. The van der Waals surface area contributed by atoms with Crippen molar-refractivity contribution >= 4 is 24.2 Å². The number of aryl methyl sites for hydroxylation is 1. The molecule has 6 nitrogen and oxygen atoms in total. The molecule has 2 aromatic heterocycles. The number of nitrogens with one attached hydrogen (secondary N) is 1. The minimum absolute atomic E-state index is 0.313. The fourth-order valence-corrected chi connectivity index (χ4v) is 3.04. The van der Waals surface area contributed by atoms with Gasteiger partial charge in [0, 0.05) is 18.8 Å². The summed E-state index contributed by atoms with van der Waals surface area (Å²) in [6.07, 6.45) is 5.05. The number of fused-ring (bicyclic) bond motifs is 1. The molecule has 1 aromatic carbocycles. The molecule has 108 valence electrons. The predicted molar refractivity (Wildman–Crippen MR) is 83.7 cm³/mol. The monoisotopic (exact) mass is 292 g/mol. The number of H-pyrrole nitrogens is 1. The highest BCUT2D eigenvalue weighted by Crippen LogP contribution is 2.47. The van der Waals surface area contributed by atoms with Crippen molar-refractivity contribution in [2.75, 3.05) is 0 Å². The quantitative estimate of drug-likeness (QED) is 0.662. The van der Waals surface area contributed by atoms with Gasteiger partial charge in [0.05, 0.1) is 22.6 Å². The van der Waals surface area contributed by atoms with Crippen LogP contribution in [0.5, 0.6) is 0 Å². The van der Waals surface area contributed by atoms with Crippen molar-refractivity contribution in [3.05, 3.63) is 57.0 Å². The van der Waals surface area contributed by atoms with Crippen LogP contribution >= 0.6 is 0 Å². The number of hydrogen-bond acceptors (Lipinski definition) is 3. The molecule has 1 aliphatic carbocycles. The third-order valence-electron chi connectivity index (χ3n) is 4.32. The van der Waals surface area contributed by atoms with Gasteiger partial charge >= 0.3 is 5.69 Å². The Bertz CT molecular complexity index is 1010. The Balaban J connectivity index is 2.04. The van der Waals surface area contributed by atoms with Crippen molar-refractivity contribution in [1.29, 1.82) is 0 Å².